The van der Waals surface area contributed by atoms with Crippen LogP contribution in [0.3, 0.4) is 0 Å². The highest BCUT2D eigenvalue weighted by Crippen LogP contribution is 2.27. The molecule has 126 valence electrons. The van der Waals surface area contributed by atoms with Gasteiger partial charge in [0, 0.05) is 35.5 Å². The Bertz CT molecular complexity index is 744. The van der Waals surface area contributed by atoms with E-state index in [4.69, 9.17) is 0 Å². The first kappa shape index (κ1) is 16.3. The van der Waals surface area contributed by atoms with Crippen molar-refractivity contribution in [2.24, 2.45) is 5.92 Å². The first-order valence-corrected chi connectivity index (χ1v) is 10.2. The molecule has 0 spiro atoms. The summed E-state index contributed by atoms with van der Waals surface area (Å²) in [6, 6.07) is 10.6. The van der Waals surface area contributed by atoms with Crippen molar-refractivity contribution in [2.45, 2.75) is 25.9 Å². The number of thiophene rings is 1. The predicted molar refractivity (Wildman–Crippen MR) is 101 cm³/mol. The summed E-state index contributed by atoms with van der Waals surface area (Å²) in [7, 11) is 0. The van der Waals surface area contributed by atoms with E-state index in [2.05, 4.69) is 61.4 Å². The van der Waals surface area contributed by atoms with Gasteiger partial charge in [-0.1, -0.05) is 28.1 Å². The van der Waals surface area contributed by atoms with Crippen molar-refractivity contribution in [1.82, 2.24) is 9.80 Å². The number of fused-ring (bicyclic) bond motifs is 1. The van der Waals surface area contributed by atoms with Crippen LogP contribution in [0.4, 0.5) is 0 Å². The third kappa shape index (κ3) is 3.44. The molecule has 1 aromatic carbocycles. The fourth-order valence-corrected chi connectivity index (χ4v) is 5.10. The second-order valence-electron chi connectivity index (χ2n) is 6.73. The largest absolute Gasteiger partial charge is 0.338 e. The average Bonchev–Trinajstić information content (AvgIpc) is 3.22. The van der Waals surface area contributed by atoms with Crippen molar-refractivity contribution in [3.05, 3.63) is 56.2 Å². The van der Waals surface area contributed by atoms with Gasteiger partial charge in [-0.05, 0) is 54.1 Å². The van der Waals surface area contributed by atoms with E-state index >= 15 is 0 Å². The SMILES string of the molecule is O=C(C1CCN(Cc2cccc(Br)c2)C1)N1CCc2sccc2C1. The van der Waals surface area contributed by atoms with Crippen LogP contribution in [0.5, 0.6) is 0 Å². The number of hydrogen-bond donors (Lipinski definition) is 0. The lowest BCUT2D eigenvalue weighted by Crippen LogP contribution is -2.40. The zero-order chi connectivity index (χ0) is 16.5. The Morgan fingerprint density at radius 3 is 3.08 bits per heavy atom. The van der Waals surface area contributed by atoms with E-state index in [1.807, 2.05) is 11.3 Å². The summed E-state index contributed by atoms with van der Waals surface area (Å²) in [4.78, 5) is 18.8. The Balaban J connectivity index is 1.35. The molecule has 3 heterocycles. The summed E-state index contributed by atoms with van der Waals surface area (Å²) in [5.74, 6) is 0.515. The Hall–Kier alpha value is -1.17. The van der Waals surface area contributed by atoms with Crippen LogP contribution in [0.25, 0.3) is 0 Å². The molecule has 2 aromatic rings. The lowest BCUT2D eigenvalue weighted by atomic mass is 10.0. The van der Waals surface area contributed by atoms with Gasteiger partial charge in [0.15, 0.2) is 0 Å². The van der Waals surface area contributed by atoms with Crippen LogP contribution in [0, 0.1) is 5.92 Å². The summed E-state index contributed by atoms with van der Waals surface area (Å²) in [5, 5.41) is 2.15. The maximum absolute atomic E-state index is 12.9. The highest BCUT2D eigenvalue weighted by atomic mass is 79.9. The number of benzene rings is 1. The number of halogens is 1. The van der Waals surface area contributed by atoms with E-state index in [1.165, 1.54) is 16.0 Å². The predicted octanol–water partition coefficient (Wildman–Crippen LogP) is 3.92. The van der Waals surface area contributed by atoms with E-state index in [1.54, 1.807) is 0 Å². The molecular formula is C19H21BrN2OS. The molecule has 3 nitrogen and oxygen atoms in total. The van der Waals surface area contributed by atoms with Crippen LogP contribution in [0.2, 0.25) is 0 Å². The summed E-state index contributed by atoms with van der Waals surface area (Å²) in [5.41, 5.74) is 2.65. The van der Waals surface area contributed by atoms with Gasteiger partial charge in [-0.15, -0.1) is 11.3 Å². The summed E-state index contributed by atoms with van der Waals surface area (Å²) >= 11 is 5.35. The van der Waals surface area contributed by atoms with Gasteiger partial charge in [-0.3, -0.25) is 9.69 Å². The number of carbonyl (C=O) groups excluding carboxylic acids is 1. The Labute approximate surface area is 155 Å². The Morgan fingerprint density at radius 1 is 1.29 bits per heavy atom. The number of rotatable bonds is 3. The molecule has 0 saturated carbocycles. The molecule has 1 fully saturated rings. The summed E-state index contributed by atoms with van der Waals surface area (Å²) in [6.07, 6.45) is 2.01. The number of hydrogen-bond acceptors (Lipinski definition) is 3. The summed E-state index contributed by atoms with van der Waals surface area (Å²) in [6.45, 7) is 4.52. The van der Waals surface area contributed by atoms with Crippen LogP contribution >= 0.6 is 27.3 Å². The highest BCUT2D eigenvalue weighted by Gasteiger charge is 2.32. The summed E-state index contributed by atoms with van der Waals surface area (Å²) < 4.78 is 1.12. The molecule has 5 heteroatoms. The van der Waals surface area contributed by atoms with E-state index in [0.29, 0.717) is 5.91 Å². The molecule has 4 rings (SSSR count). The smallest absolute Gasteiger partial charge is 0.227 e. The molecule has 1 atom stereocenters. The van der Waals surface area contributed by atoms with Gasteiger partial charge in [0.2, 0.25) is 5.91 Å². The molecule has 1 amide bonds. The number of amides is 1. The number of nitrogens with zero attached hydrogens (tertiary/aromatic N) is 2. The third-order valence-corrected chi connectivity index (χ3v) is 6.55. The quantitative estimate of drug-likeness (QED) is 0.773. The van der Waals surface area contributed by atoms with Crippen molar-refractivity contribution in [3.8, 4) is 0 Å². The van der Waals surface area contributed by atoms with Crippen molar-refractivity contribution in [2.75, 3.05) is 19.6 Å². The van der Waals surface area contributed by atoms with Crippen molar-refractivity contribution >= 4 is 33.2 Å². The zero-order valence-corrected chi connectivity index (χ0v) is 16.0. The molecule has 1 saturated heterocycles. The van der Waals surface area contributed by atoms with Crippen LogP contribution in [0.15, 0.2) is 40.2 Å². The van der Waals surface area contributed by atoms with Gasteiger partial charge in [-0.2, -0.15) is 0 Å². The minimum absolute atomic E-state index is 0.164. The van der Waals surface area contributed by atoms with Gasteiger partial charge in [0.05, 0.1) is 5.92 Å². The molecule has 24 heavy (non-hydrogen) atoms. The second kappa shape index (κ2) is 6.98. The van der Waals surface area contributed by atoms with Crippen molar-refractivity contribution in [3.63, 3.8) is 0 Å². The topological polar surface area (TPSA) is 23.6 Å². The number of carbonyl (C=O) groups is 1. The second-order valence-corrected chi connectivity index (χ2v) is 8.65. The van der Waals surface area contributed by atoms with E-state index < -0.39 is 0 Å². The first-order chi connectivity index (χ1) is 11.7. The van der Waals surface area contributed by atoms with Crippen molar-refractivity contribution in [1.29, 1.82) is 0 Å². The third-order valence-electron chi connectivity index (χ3n) is 5.04. The normalized spacial score (nSPS) is 21.0. The van der Waals surface area contributed by atoms with E-state index in [-0.39, 0.29) is 5.92 Å². The van der Waals surface area contributed by atoms with Crippen LogP contribution < -0.4 is 0 Å². The zero-order valence-electron chi connectivity index (χ0n) is 13.6. The van der Waals surface area contributed by atoms with Gasteiger partial charge in [0.25, 0.3) is 0 Å². The molecule has 0 radical (unpaired) electrons. The molecule has 1 unspecified atom stereocenters. The lowest BCUT2D eigenvalue weighted by Gasteiger charge is -2.29. The van der Waals surface area contributed by atoms with Crippen molar-refractivity contribution < 1.29 is 4.79 Å². The molecule has 0 N–H and O–H groups in total. The highest BCUT2D eigenvalue weighted by molar-refractivity contribution is 9.10. The fraction of sp³-hybridized carbons (Fsp3) is 0.421. The average molecular weight is 405 g/mol. The maximum atomic E-state index is 12.9. The molecule has 2 aliphatic heterocycles. The standard InChI is InChI=1S/C19H21BrN2OS/c20-17-3-1-2-14(10-17)11-21-7-4-16(12-21)19(23)22-8-5-18-15(13-22)6-9-24-18/h1-3,6,9-10,16H,4-5,7-8,11-13H2. The van der Waals surface area contributed by atoms with E-state index in [9.17, 15) is 4.79 Å². The minimum atomic E-state index is 0.164. The van der Waals surface area contributed by atoms with Gasteiger partial charge in [0.1, 0.15) is 0 Å². The molecule has 2 aliphatic rings. The van der Waals surface area contributed by atoms with Crippen LogP contribution in [-0.2, 0) is 24.3 Å². The number of likely N-dealkylation sites (tertiary alicyclic amines) is 1. The minimum Gasteiger partial charge on any atom is -0.338 e. The molecule has 1 aromatic heterocycles. The van der Waals surface area contributed by atoms with Gasteiger partial charge < -0.3 is 4.90 Å². The van der Waals surface area contributed by atoms with Crippen LogP contribution in [0.1, 0.15) is 22.4 Å². The Kier molecular flexibility index (Phi) is 4.74. The van der Waals surface area contributed by atoms with E-state index in [0.717, 1.165) is 50.0 Å². The Morgan fingerprint density at radius 2 is 2.21 bits per heavy atom. The molecular weight excluding hydrogens is 384 g/mol. The molecule has 0 aliphatic carbocycles. The van der Waals surface area contributed by atoms with Crippen LogP contribution in [-0.4, -0.2) is 35.3 Å². The van der Waals surface area contributed by atoms with Gasteiger partial charge >= 0.3 is 0 Å². The fourth-order valence-electron chi connectivity index (χ4n) is 3.77. The van der Waals surface area contributed by atoms with Gasteiger partial charge in [-0.25, -0.2) is 0 Å². The lowest BCUT2D eigenvalue weighted by molar-refractivity contribution is -0.136. The maximum Gasteiger partial charge on any atom is 0.227 e. The monoisotopic (exact) mass is 404 g/mol. The molecule has 0 bridgehead atoms. The first-order valence-electron chi connectivity index (χ1n) is 8.50.